The largest absolute Gasteiger partial charge is 0.394 e. The van der Waals surface area contributed by atoms with Crippen molar-refractivity contribution >= 4 is 16.6 Å². The molecule has 3 fully saturated rings. The Bertz CT molecular complexity index is 1570. The summed E-state index contributed by atoms with van der Waals surface area (Å²) in [5.74, 6) is 0. The van der Waals surface area contributed by atoms with E-state index in [0.29, 0.717) is 0 Å². The van der Waals surface area contributed by atoms with Gasteiger partial charge in [0.2, 0.25) is 0 Å². The van der Waals surface area contributed by atoms with Gasteiger partial charge in [-0.3, -0.25) is 0 Å². The van der Waals surface area contributed by atoms with Gasteiger partial charge in [0.05, 0.1) is 32.0 Å². The molecule has 5 unspecified atom stereocenters. The maximum Gasteiger partial charge on any atom is 0.195 e. The fraction of sp³-hybridized carbons (Fsp3) is 0.684. The summed E-state index contributed by atoms with van der Waals surface area (Å²) in [6.45, 7) is 21.0. The Kier molecular flexibility index (Phi) is 15.7. The minimum Gasteiger partial charge on any atom is -0.394 e. The second kappa shape index (κ2) is 19.2. The molecule has 0 saturated carbocycles. The van der Waals surface area contributed by atoms with Crippen molar-refractivity contribution in [3.8, 4) is 0 Å². The molecule has 56 heavy (non-hydrogen) atoms. The molecule has 0 aliphatic carbocycles. The van der Waals surface area contributed by atoms with Gasteiger partial charge in [0, 0.05) is 15.4 Å². The molecule has 3 aliphatic heterocycles. The van der Waals surface area contributed by atoms with Gasteiger partial charge in [0.1, 0.15) is 36.5 Å². The van der Waals surface area contributed by atoms with Gasteiger partial charge in [-0.25, -0.2) is 0 Å². The number of aliphatic hydroxyl groups excluding tert-OH is 3. The number of rotatable bonds is 11. The second-order valence-electron chi connectivity index (χ2n) is 17.3. The third kappa shape index (κ3) is 11.2. The normalized spacial score (nSPS) is 31.1. The smallest absolute Gasteiger partial charge is 0.195 e. The van der Waals surface area contributed by atoms with Crippen molar-refractivity contribution in [2.45, 2.75) is 152 Å². The van der Waals surface area contributed by atoms with Gasteiger partial charge in [-0.1, -0.05) is 112 Å². The van der Waals surface area contributed by atoms with Crippen LogP contribution in [-0.4, -0.2) is 106 Å². The van der Waals surface area contributed by atoms with E-state index in [1.54, 1.807) is 0 Å². The Balaban J connectivity index is 0.000000249. The van der Waals surface area contributed by atoms with E-state index in [2.05, 4.69) is 74.7 Å². The van der Waals surface area contributed by atoms with Gasteiger partial charge in [-0.15, -0.1) is 0 Å². The van der Waals surface area contributed by atoms with Crippen LogP contribution in [-0.2, 0) is 39.1 Å². The summed E-state index contributed by atoms with van der Waals surface area (Å²) in [4.78, 5) is 5.76. The summed E-state index contributed by atoms with van der Waals surface area (Å²) in [6.07, 6.45) is -7.43. The van der Waals surface area contributed by atoms with Crippen molar-refractivity contribution in [1.82, 2.24) is 0 Å². The lowest BCUT2D eigenvalue weighted by Crippen LogP contribution is -2.63. The lowest BCUT2D eigenvalue weighted by atomic mass is 9.96. The highest BCUT2D eigenvalue weighted by Gasteiger charge is 2.53. The summed E-state index contributed by atoms with van der Waals surface area (Å²) < 4.78 is 42.2. The van der Waals surface area contributed by atoms with Gasteiger partial charge < -0.3 is 47.9 Å². The third-order valence-corrected chi connectivity index (χ3v) is 20.2. The Morgan fingerprint density at radius 2 is 1.25 bits per heavy atom. The first-order valence-electron chi connectivity index (χ1n) is 18.9. The Morgan fingerprint density at radius 3 is 1.75 bits per heavy atom. The van der Waals surface area contributed by atoms with Crippen LogP contribution in [0.3, 0.4) is 0 Å². The lowest BCUT2D eigenvalue weighted by Gasteiger charge is -2.49. The van der Waals surface area contributed by atoms with Crippen LogP contribution in [0.1, 0.15) is 59.0 Å². The fourth-order valence-corrected chi connectivity index (χ4v) is 8.13. The highest BCUT2D eigenvalue weighted by atomic mass is 28.4. The Labute approximate surface area is 331 Å². The summed E-state index contributed by atoms with van der Waals surface area (Å²) in [5.41, 5.74) is 19.8. The van der Waals surface area contributed by atoms with Crippen molar-refractivity contribution in [2.75, 3.05) is 13.2 Å². The summed E-state index contributed by atoms with van der Waals surface area (Å²) >= 11 is 0. The van der Waals surface area contributed by atoms with Crippen molar-refractivity contribution in [3.05, 3.63) is 92.7 Å². The van der Waals surface area contributed by atoms with E-state index in [4.69, 9.17) is 43.6 Å². The van der Waals surface area contributed by atoms with Gasteiger partial charge in [0.15, 0.2) is 35.5 Å². The van der Waals surface area contributed by atoms with Crippen molar-refractivity contribution in [3.63, 3.8) is 0 Å². The third-order valence-electron chi connectivity index (χ3n) is 11.3. The molecule has 0 aromatic heterocycles. The highest BCUT2D eigenvalue weighted by Crippen LogP contribution is 2.42. The van der Waals surface area contributed by atoms with E-state index in [0.717, 1.165) is 11.1 Å². The molecule has 3 aliphatic rings. The van der Waals surface area contributed by atoms with Crippen LogP contribution in [0.2, 0.25) is 36.3 Å². The average Bonchev–Trinajstić information content (AvgIpc) is 3.14. The zero-order valence-electron chi connectivity index (χ0n) is 34.1. The van der Waals surface area contributed by atoms with Gasteiger partial charge in [-0.2, -0.15) is 0 Å². The second-order valence-corrected chi connectivity index (χ2v) is 26.8. The zero-order chi connectivity index (χ0) is 41.5. The SMILES string of the molecule is CC(C)(C)[Si](C)(C)O[C@@H]1OC(CO)[C@@H](OCc2ccccc2)[C@H](O)C1N=[N+]=[N-].CC(C)(C)[Si](C)(C)O[C@@H]1OC2COC(c3ccccc3)O[C@H]2[C@H](O)C1N=[N+]=[N-]. The molecule has 2 aromatic rings. The molecule has 3 saturated heterocycles. The predicted molar refractivity (Wildman–Crippen MR) is 214 cm³/mol. The minimum absolute atomic E-state index is 0.0585. The average molecular weight is 817 g/mol. The van der Waals surface area contributed by atoms with E-state index < -0.39 is 84.2 Å². The molecule has 11 atom stereocenters. The van der Waals surface area contributed by atoms with E-state index in [1.165, 1.54) is 0 Å². The number of fused-ring (bicyclic) bond motifs is 1. The van der Waals surface area contributed by atoms with Crippen LogP contribution in [0.25, 0.3) is 20.9 Å². The molecule has 2 aromatic carbocycles. The van der Waals surface area contributed by atoms with E-state index in [9.17, 15) is 15.3 Å². The van der Waals surface area contributed by atoms with Crippen LogP contribution in [0.5, 0.6) is 0 Å². The topological polar surface area (TPSA) is 223 Å². The van der Waals surface area contributed by atoms with Crippen molar-refractivity contribution in [2.24, 2.45) is 10.2 Å². The summed E-state index contributed by atoms with van der Waals surface area (Å²) in [6, 6.07) is 17.1. The first-order chi connectivity index (χ1) is 26.2. The number of hydrogen-bond donors (Lipinski definition) is 3. The maximum atomic E-state index is 10.9. The summed E-state index contributed by atoms with van der Waals surface area (Å²) in [5, 5.41) is 39.0. The number of aliphatic hydroxyl groups is 3. The molecule has 310 valence electrons. The molecule has 0 spiro atoms. The van der Waals surface area contributed by atoms with Gasteiger partial charge >= 0.3 is 0 Å². The molecule has 0 radical (unpaired) electrons. The minimum atomic E-state index is -2.27. The van der Waals surface area contributed by atoms with Crippen LogP contribution in [0.15, 0.2) is 70.9 Å². The fourth-order valence-electron chi connectivity index (χ4n) is 5.88. The molecule has 5 rings (SSSR count). The number of azide groups is 2. The maximum absolute atomic E-state index is 10.9. The molecular weight excluding hydrogens is 757 g/mol. The van der Waals surface area contributed by atoms with Crippen molar-refractivity contribution in [1.29, 1.82) is 0 Å². The Morgan fingerprint density at radius 1 is 0.750 bits per heavy atom. The first kappa shape index (κ1) is 45.8. The highest BCUT2D eigenvalue weighted by molar-refractivity contribution is 6.74. The van der Waals surface area contributed by atoms with E-state index >= 15 is 0 Å². The number of nitrogens with zero attached hydrogens (tertiary/aromatic N) is 6. The molecule has 16 nitrogen and oxygen atoms in total. The molecule has 0 amide bonds. The molecule has 3 heterocycles. The number of benzene rings is 2. The van der Waals surface area contributed by atoms with Gasteiger partial charge in [-0.05, 0) is 52.9 Å². The number of ether oxygens (including phenoxy) is 5. The quantitative estimate of drug-likeness (QED) is 0.0892. The standard InChI is InChI=1S/C19H29N3O5Si.C19H31N3O5Si/c1-19(2,3)28(4,5)27-18-14(21-22-20)15(23)16-13(25-18)11-24-17(26-16)12-9-7-6-8-10-12;1-19(2,3)28(4,5)27-18-15(21-22-20)16(24)17(14(11-23)26-18)25-12-13-9-7-6-8-10-13/h6-10,13-18,23H,11H2,1-5H3;6-10,14-18,23-24H,11-12H2,1-5H3/t13?,14?,15-,16-,17?,18+;14?,15?,16-,17-,18+/m11/s1. The Hall–Kier alpha value is -2.91. The summed E-state index contributed by atoms with van der Waals surface area (Å²) in [7, 11) is -4.49. The molecule has 0 bridgehead atoms. The predicted octanol–water partition coefficient (Wildman–Crippen LogP) is 7.24. The zero-order valence-corrected chi connectivity index (χ0v) is 36.1. The van der Waals surface area contributed by atoms with Crippen molar-refractivity contribution < 1.29 is 47.9 Å². The van der Waals surface area contributed by atoms with Crippen LogP contribution in [0.4, 0.5) is 0 Å². The van der Waals surface area contributed by atoms with E-state index in [-0.39, 0.29) is 29.9 Å². The molecular formula is C38H60N6O10Si2. The molecule has 18 heteroatoms. The first-order valence-corrected chi connectivity index (χ1v) is 24.8. The van der Waals surface area contributed by atoms with Crippen LogP contribution < -0.4 is 0 Å². The van der Waals surface area contributed by atoms with Crippen LogP contribution in [0, 0.1) is 0 Å². The van der Waals surface area contributed by atoms with Crippen LogP contribution >= 0.6 is 0 Å². The number of hydrogen-bond acceptors (Lipinski definition) is 12. The monoisotopic (exact) mass is 816 g/mol. The lowest BCUT2D eigenvalue weighted by molar-refractivity contribution is -0.333. The van der Waals surface area contributed by atoms with Gasteiger partial charge in [0.25, 0.3) is 0 Å². The molecule has 3 N–H and O–H groups in total. The van der Waals surface area contributed by atoms with E-state index in [1.807, 2.05) is 73.8 Å².